The Morgan fingerprint density at radius 3 is 2.67 bits per heavy atom. The van der Waals surface area contributed by atoms with E-state index in [9.17, 15) is 9.90 Å². The van der Waals surface area contributed by atoms with Gasteiger partial charge in [0.05, 0.1) is 12.1 Å². The average Bonchev–Trinajstić information content (AvgIpc) is 3.11. The summed E-state index contributed by atoms with van der Waals surface area (Å²) in [5.41, 5.74) is 1.70. The van der Waals surface area contributed by atoms with E-state index in [1.165, 1.54) is 30.8 Å². The van der Waals surface area contributed by atoms with Crippen molar-refractivity contribution in [3.05, 3.63) is 23.1 Å². The number of carboxylic acids is 1. The van der Waals surface area contributed by atoms with Crippen LogP contribution in [0.3, 0.4) is 0 Å². The summed E-state index contributed by atoms with van der Waals surface area (Å²) in [5, 5.41) is 13.3. The molecule has 1 unspecified atom stereocenters. The largest absolute Gasteiger partial charge is 0.481 e. The van der Waals surface area contributed by atoms with Gasteiger partial charge < -0.3 is 15.3 Å². The molecule has 0 spiro atoms. The number of nitrogens with zero attached hydrogens (tertiary/aromatic N) is 4. The number of hydrogen-bond donors (Lipinski definition) is 2. The highest BCUT2D eigenvalue weighted by atomic mass is 35.5. The molecule has 2 N–H and O–H groups in total. The van der Waals surface area contributed by atoms with Crippen molar-refractivity contribution in [2.45, 2.75) is 71.3 Å². The maximum atomic E-state index is 11.2. The van der Waals surface area contributed by atoms with Gasteiger partial charge in [0.25, 0.3) is 0 Å². The molecule has 0 saturated heterocycles. The molecule has 2 heterocycles. The van der Waals surface area contributed by atoms with Crippen LogP contribution >= 0.6 is 23.1 Å². The second-order valence-electron chi connectivity index (χ2n) is 8.47. The number of hydrogen-bond acceptors (Lipinski definition) is 7. The zero-order valence-corrected chi connectivity index (χ0v) is 19.3. The molecule has 0 radical (unpaired) electrons. The Hall–Kier alpha value is -1.93. The monoisotopic (exact) mass is 451 g/mol. The lowest BCUT2D eigenvalue weighted by atomic mass is 9.93. The van der Waals surface area contributed by atoms with Crippen molar-refractivity contribution in [2.24, 2.45) is 5.92 Å². The smallest absolute Gasteiger partial charge is 0.303 e. The Balaban J connectivity index is 1.99. The van der Waals surface area contributed by atoms with Crippen molar-refractivity contribution in [2.75, 3.05) is 16.8 Å². The lowest BCUT2D eigenvalue weighted by Gasteiger charge is -2.37. The summed E-state index contributed by atoms with van der Waals surface area (Å²) in [4.78, 5) is 22.7. The molecule has 1 aliphatic rings. The van der Waals surface area contributed by atoms with Gasteiger partial charge in [-0.25, -0.2) is 4.98 Å². The van der Waals surface area contributed by atoms with E-state index in [4.69, 9.17) is 16.6 Å². The van der Waals surface area contributed by atoms with Gasteiger partial charge in [-0.15, -0.1) is 0 Å². The van der Waals surface area contributed by atoms with Gasteiger partial charge in [-0.05, 0) is 47.9 Å². The highest BCUT2D eigenvalue weighted by Gasteiger charge is 2.26. The number of aromatic nitrogens is 3. The summed E-state index contributed by atoms with van der Waals surface area (Å²) in [7, 11) is 0. The zero-order chi connectivity index (χ0) is 21.7. The predicted molar refractivity (Wildman–Crippen MR) is 122 cm³/mol. The van der Waals surface area contributed by atoms with Crippen LogP contribution in [0, 0.1) is 5.92 Å². The number of nitrogens with one attached hydrogen (secondary N) is 1. The fraction of sp³-hybridized carbons (Fsp3) is 0.619. The van der Waals surface area contributed by atoms with Crippen molar-refractivity contribution in [1.82, 2.24) is 14.3 Å². The Morgan fingerprint density at radius 2 is 2.07 bits per heavy atom. The lowest BCUT2D eigenvalue weighted by molar-refractivity contribution is -0.137. The predicted octanol–water partition coefficient (Wildman–Crippen LogP) is 5.70. The number of anilines is 3. The molecule has 164 valence electrons. The van der Waals surface area contributed by atoms with Crippen LogP contribution in [0.15, 0.2) is 12.3 Å². The Morgan fingerprint density at radius 1 is 1.33 bits per heavy atom. The van der Waals surface area contributed by atoms with E-state index in [1.54, 1.807) is 0 Å². The van der Waals surface area contributed by atoms with E-state index in [0.717, 1.165) is 36.5 Å². The molecule has 0 aliphatic heterocycles. The molecule has 0 amide bonds. The third-order valence-electron chi connectivity index (χ3n) is 5.43. The first-order valence-electron chi connectivity index (χ1n) is 10.6. The van der Waals surface area contributed by atoms with Gasteiger partial charge in [0.15, 0.2) is 5.82 Å². The second-order valence-corrected chi connectivity index (χ2v) is 9.56. The van der Waals surface area contributed by atoms with E-state index in [-0.39, 0.29) is 17.6 Å². The Kier molecular flexibility index (Phi) is 7.88. The molecule has 1 saturated carbocycles. The number of pyridine rings is 1. The summed E-state index contributed by atoms with van der Waals surface area (Å²) in [5.74, 6) is 0.410. The van der Waals surface area contributed by atoms with Crippen LogP contribution in [0.5, 0.6) is 0 Å². The normalized spacial score (nSPS) is 15.9. The molecule has 1 atom stereocenters. The average molecular weight is 452 g/mol. The molecular weight excluding hydrogens is 422 g/mol. The van der Waals surface area contributed by atoms with E-state index in [0.29, 0.717) is 17.1 Å². The van der Waals surface area contributed by atoms with Gasteiger partial charge >= 0.3 is 5.97 Å². The third-order valence-corrected chi connectivity index (χ3v) is 6.33. The SMILES string of the molecule is CC(C)CN(c1ncc(C(C)CC(=O)O)cc1Nc1nc(Cl)ns1)C1CCCCC1. The molecule has 9 heteroatoms. The molecule has 2 aromatic rings. The maximum absolute atomic E-state index is 11.2. The first-order chi connectivity index (χ1) is 14.3. The van der Waals surface area contributed by atoms with Crippen LogP contribution in [0.1, 0.15) is 70.8 Å². The highest BCUT2D eigenvalue weighted by Crippen LogP contribution is 2.35. The second kappa shape index (κ2) is 10.4. The minimum atomic E-state index is -0.819. The fourth-order valence-electron chi connectivity index (χ4n) is 4.01. The molecule has 0 aromatic carbocycles. The Labute approximate surface area is 187 Å². The third kappa shape index (κ3) is 6.04. The number of aliphatic carboxylic acids is 1. The van der Waals surface area contributed by atoms with Crippen molar-refractivity contribution in [3.63, 3.8) is 0 Å². The number of carboxylic acid groups (broad SMARTS) is 1. The minimum Gasteiger partial charge on any atom is -0.481 e. The van der Waals surface area contributed by atoms with Crippen molar-refractivity contribution in [1.29, 1.82) is 0 Å². The van der Waals surface area contributed by atoms with Crippen LogP contribution in [0.25, 0.3) is 0 Å². The molecule has 7 nitrogen and oxygen atoms in total. The van der Waals surface area contributed by atoms with Crippen LogP contribution in [-0.4, -0.2) is 38.0 Å². The lowest BCUT2D eigenvalue weighted by Crippen LogP contribution is -2.40. The van der Waals surface area contributed by atoms with Gasteiger partial charge in [0, 0.05) is 30.3 Å². The van der Waals surface area contributed by atoms with Crippen LogP contribution < -0.4 is 10.2 Å². The highest BCUT2D eigenvalue weighted by molar-refractivity contribution is 7.10. The zero-order valence-electron chi connectivity index (χ0n) is 17.8. The molecule has 0 bridgehead atoms. The van der Waals surface area contributed by atoms with E-state index < -0.39 is 5.97 Å². The van der Waals surface area contributed by atoms with Crippen LogP contribution in [-0.2, 0) is 4.79 Å². The van der Waals surface area contributed by atoms with Crippen molar-refractivity contribution in [3.8, 4) is 0 Å². The summed E-state index contributed by atoms with van der Waals surface area (Å²) in [6.07, 6.45) is 7.97. The van der Waals surface area contributed by atoms with Crippen LogP contribution in [0.4, 0.5) is 16.6 Å². The number of halogens is 1. The standard InChI is InChI=1S/C21H30ClN5O2S/c1-13(2)12-27(16-7-5-4-6-8-16)19-17(24-21-25-20(22)26-30-21)10-15(11-23-19)14(3)9-18(28)29/h10-11,13-14,16H,4-9,12H2,1-3H3,(H,28,29)(H,24,25,26). The topological polar surface area (TPSA) is 91.2 Å². The molecule has 1 aliphatic carbocycles. The first kappa shape index (κ1) is 22.7. The first-order valence-corrected chi connectivity index (χ1v) is 11.7. The fourth-order valence-corrected chi connectivity index (χ4v) is 4.73. The van der Waals surface area contributed by atoms with E-state index in [1.807, 2.05) is 19.2 Å². The molecular formula is C21H30ClN5O2S. The summed E-state index contributed by atoms with van der Waals surface area (Å²) in [6.45, 7) is 7.25. The molecule has 30 heavy (non-hydrogen) atoms. The molecule has 3 rings (SSSR count). The summed E-state index contributed by atoms with van der Waals surface area (Å²) in [6, 6.07) is 2.45. The van der Waals surface area contributed by atoms with Gasteiger partial charge in [-0.1, -0.05) is 40.0 Å². The maximum Gasteiger partial charge on any atom is 0.303 e. The van der Waals surface area contributed by atoms with Crippen molar-refractivity contribution < 1.29 is 9.90 Å². The van der Waals surface area contributed by atoms with Crippen molar-refractivity contribution >= 4 is 45.7 Å². The quantitative estimate of drug-likeness (QED) is 0.504. The summed E-state index contributed by atoms with van der Waals surface area (Å²) < 4.78 is 4.04. The molecule has 1 fully saturated rings. The summed E-state index contributed by atoms with van der Waals surface area (Å²) >= 11 is 7.11. The van der Waals surface area contributed by atoms with Gasteiger partial charge in [0.2, 0.25) is 10.4 Å². The van der Waals surface area contributed by atoms with Gasteiger partial charge in [-0.2, -0.15) is 9.36 Å². The van der Waals surface area contributed by atoms with Crippen LogP contribution in [0.2, 0.25) is 5.28 Å². The molecule has 2 aromatic heterocycles. The van der Waals surface area contributed by atoms with E-state index >= 15 is 0 Å². The minimum absolute atomic E-state index is 0.0590. The number of rotatable bonds is 9. The van der Waals surface area contributed by atoms with Gasteiger partial charge in [-0.3, -0.25) is 4.79 Å². The number of carbonyl (C=O) groups is 1. The Bertz CT molecular complexity index is 854. The van der Waals surface area contributed by atoms with E-state index in [2.05, 4.69) is 33.4 Å². The van der Waals surface area contributed by atoms with Gasteiger partial charge in [0.1, 0.15) is 0 Å².